The third-order valence-corrected chi connectivity index (χ3v) is 3.27. The van der Waals surface area contributed by atoms with Crippen molar-refractivity contribution in [1.82, 2.24) is 4.57 Å². The first-order valence-corrected chi connectivity index (χ1v) is 5.94. The zero-order chi connectivity index (χ0) is 12.6. The number of methoxy groups -OCH3 is 1. The summed E-state index contributed by atoms with van der Waals surface area (Å²) in [7, 11) is 1.50. The number of aromatic nitrogens is 1. The van der Waals surface area contributed by atoms with Gasteiger partial charge in [-0.25, -0.2) is 4.39 Å². The molecule has 0 aliphatic rings. The van der Waals surface area contributed by atoms with E-state index in [1.165, 1.54) is 17.9 Å². The summed E-state index contributed by atoms with van der Waals surface area (Å²) >= 11 is 3.27. The molecule has 0 spiro atoms. The van der Waals surface area contributed by atoms with E-state index in [1.54, 1.807) is 19.1 Å². The van der Waals surface area contributed by atoms with Crippen LogP contribution in [0.1, 0.15) is 6.92 Å². The van der Waals surface area contributed by atoms with Crippen LogP contribution in [-0.4, -0.2) is 11.7 Å². The molecule has 0 unspecified atom stereocenters. The van der Waals surface area contributed by atoms with Crippen molar-refractivity contribution in [2.24, 2.45) is 0 Å². The van der Waals surface area contributed by atoms with Crippen LogP contribution in [0.3, 0.4) is 0 Å². The molecule has 0 fully saturated rings. The molecule has 0 N–H and O–H groups in total. The van der Waals surface area contributed by atoms with Gasteiger partial charge >= 0.3 is 0 Å². The minimum absolute atomic E-state index is 0.213. The van der Waals surface area contributed by atoms with Gasteiger partial charge in [0.25, 0.3) is 5.56 Å². The van der Waals surface area contributed by atoms with E-state index in [1.807, 2.05) is 0 Å². The predicted octanol–water partition coefficient (Wildman–Crippen LogP) is 2.93. The Morgan fingerprint density at radius 1 is 1.41 bits per heavy atom. The zero-order valence-corrected chi connectivity index (χ0v) is 11.0. The van der Waals surface area contributed by atoms with Crippen molar-refractivity contribution in [1.29, 1.82) is 0 Å². The molecule has 2 rings (SSSR count). The molecule has 2 aromatic rings. The fourth-order valence-electron chi connectivity index (χ4n) is 1.74. The van der Waals surface area contributed by atoms with Crippen molar-refractivity contribution >= 4 is 26.7 Å². The van der Waals surface area contributed by atoms with Crippen LogP contribution in [0.25, 0.3) is 10.8 Å². The van der Waals surface area contributed by atoms with Gasteiger partial charge in [0, 0.05) is 18.1 Å². The lowest BCUT2D eigenvalue weighted by Crippen LogP contribution is -2.19. The minimum Gasteiger partial charge on any atom is -0.496 e. The normalized spacial score (nSPS) is 10.8. The van der Waals surface area contributed by atoms with E-state index in [-0.39, 0.29) is 5.56 Å². The van der Waals surface area contributed by atoms with E-state index < -0.39 is 5.82 Å². The van der Waals surface area contributed by atoms with E-state index in [0.717, 1.165) is 0 Å². The average molecular weight is 300 g/mol. The molecule has 17 heavy (non-hydrogen) atoms. The lowest BCUT2D eigenvalue weighted by atomic mass is 10.1. The van der Waals surface area contributed by atoms with Crippen LogP contribution in [0.2, 0.25) is 0 Å². The highest BCUT2D eigenvalue weighted by atomic mass is 79.9. The fourth-order valence-corrected chi connectivity index (χ4v) is 2.24. The van der Waals surface area contributed by atoms with Crippen LogP contribution < -0.4 is 10.3 Å². The van der Waals surface area contributed by atoms with Crippen molar-refractivity contribution < 1.29 is 9.13 Å². The minimum atomic E-state index is -0.412. The molecule has 0 saturated carbocycles. The van der Waals surface area contributed by atoms with E-state index in [2.05, 4.69) is 15.9 Å². The quantitative estimate of drug-likeness (QED) is 0.854. The summed E-state index contributed by atoms with van der Waals surface area (Å²) in [5, 5.41) is 0.624. The van der Waals surface area contributed by atoms with Crippen molar-refractivity contribution in [2.75, 3.05) is 7.11 Å². The number of rotatable bonds is 2. The maximum atomic E-state index is 13.8. The third kappa shape index (κ3) is 1.95. The van der Waals surface area contributed by atoms with Gasteiger partial charge in [0.15, 0.2) is 0 Å². The van der Waals surface area contributed by atoms with Crippen LogP contribution in [-0.2, 0) is 6.54 Å². The van der Waals surface area contributed by atoms with Gasteiger partial charge in [-0.1, -0.05) is 0 Å². The smallest absolute Gasteiger partial charge is 0.258 e. The Balaban J connectivity index is 2.91. The number of hydrogen-bond acceptors (Lipinski definition) is 2. The number of pyridine rings is 1. The Kier molecular flexibility index (Phi) is 3.19. The topological polar surface area (TPSA) is 31.2 Å². The van der Waals surface area contributed by atoms with Gasteiger partial charge in [0.05, 0.1) is 17.0 Å². The summed E-state index contributed by atoms with van der Waals surface area (Å²) in [5.41, 5.74) is -0.213. The Labute approximate surface area is 106 Å². The van der Waals surface area contributed by atoms with E-state index in [9.17, 15) is 9.18 Å². The predicted molar refractivity (Wildman–Crippen MR) is 68.1 cm³/mol. The Bertz CT molecular complexity index is 636. The molecule has 1 aromatic carbocycles. The van der Waals surface area contributed by atoms with E-state index in [4.69, 9.17) is 4.74 Å². The van der Waals surface area contributed by atoms with Crippen molar-refractivity contribution in [3.05, 3.63) is 39.0 Å². The summed E-state index contributed by atoms with van der Waals surface area (Å²) in [4.78, 5) is 12.0. The molecule has 0 bridgehead atoms. The molecule has 0 amide bonds. The molecule has 90 valence electrons. The first kappa shape index (κ1) is 12.1. The highest BCUT2D eigenvalue weighted by Gasteiger charge is 2.11. The highest BCUT2D eigenvalue weighted by molar-refractivity contribution is 9.10. The second-order valence-electron chi connectivity index (χ2n) is 3.60. The summed E-state index contributed by atoms with van der Waals surface area (Å²) in [6.45, 7) is 2.23. The third-order valence-electron chi connectivity index (χ3n) is 2.65. The maximum Gasteiger partial charge on any atom is 0.258 e. The summed E-state index contributed by atoms with van der Waals surface area (Å²) in [6.07, 6.45) is 1.23. The van der Waals surface area contributed by atoms with Crippen molar-refractivity contribution in [3.63, 3.8) is 0 Å². The zero-order valence-electron chi connectivity index (χ0n) is 9.46. The molecule has 0 radical (unpaired) electrons. The number of aryl methyl sites for hydroxylation is 1. The molecule has 1 aromatic heterocycles. The standard InChI is InChI=1S/C12H11BrFNO2/c1-3-15-6-10(14)7-4-9(13)11(17-2)5-8(7)12(15)16/h4-6H,3H2,1-2H3. The number of nitrogens with zero attached hydrogens (tertiary/aromatic N) is 1. The number of ether oxygens (including phenoxy) is 1. The Hall–Kier alpha value is -1.36. The maximum absolute atomic E-state index is 13.8. The SMILES string of the molecule is CCn1cc(F)c2cc(Br)c(OC)cc2c1=O. The first-order chi connectivity index (χ1) is 8.08. The monoisotopic (exact) mass is 299 g/mol. The number of halogens is 2. The van der Waals surface area contributed by atoms with Gasteiger partial charge < -0.3 is 9.30 Å². The summed E-state index contributed by atoms with van der Waals surface area (Å²) in [6, 6.07) is 3.11. The molecule has 0 aliphatic carbocycles. The van der Waals surface area contributed by atoms with Gasteiger partial charge in [-0.15, -0.1) is 0 Å². The van der Waals surface area contributed by atoms with Crippen molar-refractivity contribution in [2.45, 2.75) is 13.5 Å². The average Bonchev–Trinajstić information content (AvgIpc) is 2.33. The largest absolute Gasteiger partial charge is 0.496 e. The molecule has 3 nitrogen and oxygen atoms in total. The molecule has 0 saturated heterocycles. The van der Waals surface area contributed by atoms with Gasteiger partial charge in [0.2, 0.25) is 0 Å². The van der Waals surface area contributed by atoms with Crippen LogP contribution in [0.5, 0.6) is 5.75 Å². The fraction of sp³-hybridized carbons (Fsp3) is 0.250. The Morgan fingerprint density at radius 2 is 2.12 bits per heavy atom. The molecular weight excluding hydrogens is 289 g/mol. The number of benzene rings is 1. The van der Waals surface area contributed by atoms with Gasteiger partial charge in [-0.05, 0) is 35.0 Å². The van der Waals surface area contributed by atoms with Gasteiger partial charge in [0.1, 0.15) is 11.6 Å². The van der Waals surface area contributed by atoms with Crippen LogP contribution in [0, 0.1) is 5.82 Å². The molecule has 1 heterocycles. The van der Waals surface area contributed by atoms with Crippen molar-refractivity contribution in [3.8, 4) is 5.75 Å². The molecule has 5 heteroatoms. The van der Waals surface area contributed by atoms with E-state index in [0.29, 0.717) is 27.5 Å². The second kappa shape index (κ2) is 4.49. The number of hydrogen-bond donors (Lipinski definition) is 0. The molecule has 0 atom stereocenters. The van der Waals surface area contributed by atoms with Crippen LogP contribution in [0.4, 0.5) is 4.39 Å². The van der Waals surface area contributed by atoms with Crippen LogP contribution in [0.15, 0.2) is 27.6 Å². The van der Waals surface area contributed by atoms with Gasteiger partial charge in [-0.2, -0.15) is 0 Å². The second-order valence-corrected chi connectivity index (χ2v) is 4.45. The lowest BCUT2D eigenvalue weighted by molar-refractivity contribution is 0.412. The molecule has 0 aliphatic heterocycles. The van der Waals surface area contributed by atoms with Gasteiger partial charge in [-0.3, -0.25) is 4.79 Å². The lowest BCUT2D eigenvalue weighted by Gasteiger charge is -2.09. The Morgan fingerprint density at radius 3 is 2.71 bits per heavy atom. The number of fused-ring (bicyclic) bond motifs is 1. The summed E-state index contributed by atoms with van der Waals surface area (Å²) in [5.74, 6) is 0.104. The van der Waals surface area contributed by atoms with Crippen LogP contribution >= 0.6 is 15.9 Å². The van der Waals surface area contributed by atoms with E-state index >= 15 is 0 Å². The molecular formula is C12H11BrFNO2. The highest BCUT2D eigenvalue weighted by Crippen LogP contribution is 2.29. The first-order valence-electron chi connectivity index (χ1n) is 5.14. The summed E-state index contributed by atoms with van der Waals surface area (Å²) < 4.78 is 20.9.